The molecule has 1 aliphatic carbocycles. The van der Waals surface area contributed by atoms with Gasteiger partial charge in [-0.25, -0.2) is 0 Å². The molecule has 0 aliphatic heterocycles. The third-order valence-corrected chi connectivity index (χ3v) is 4.38. The van der Waals surface area contributed by atoms with E-state index in [9.17, 15) is 4.79 Å². The van der Waals surface area contributed by atoms with Crippen molar-refractivity contribution in [1.29, 1.82) is 0 Å². The van der Waals surface area contributed by atoms with Crippen LogP contribution in [0.3, 0.4) is 0 Å². The maximum atomic E-state index is 11.9. The molecule has 2 atom stereocenters. The van der Waals surface area contributed by atoms with Crippen molar-refractivity contribution < 1.29 is 9.53 Å². The molecule has 0 aromatic heterocycles. The number of rotatable bonds is 9. The van der Waals surface area contributed by atoms with Gasteiger partial charge in [-0.05, 0) is 43.7 Å². The molecular formula is C18H28N2O2. The Labute approximate surface area is 133 Å². The van der Waals surface area contributed by atoms with E-state index < -0.39 is 0 Å². The van der Waals surface area contributed by atoms with Crippen molar-refractivity contribution in [3.8, 4) is 0 Å². The zero-order valence-electron chi connectivity index (χ0n) is 13.3. The third-order valence-electron chi connectivity index (χ3n) is 4.38. The predicted molar refractivity (Wildman–Crippen MR) is 88.5 cm³/mol. The van der Waals surface area contributed by atoms with Gasteiger partial charge < -0.3 is 15.8 Å². The van der Waals surface area contributed by atoms with Gasteiger partial charge in [0.2, 0.25) is 5.91 Å². The number of carbonyl (C=O) groups is 1. The van der Waals surface area contributed by atoms with E-state index in [4.69, 9.17) is 10.5 Å². The fourth-order valence-corrected chi connectivity index (χ4v) is 3.06. The highest BCUT2D eigenvalue weighted by Crippen LogP contribution is 2.24. The van der Waals surface area contributed by atoms with Gasteiger partial charge in [0.1, 0.15) is 0 Å². The smallest absolute Gasteiger partial charge is 0.220 e. The van der Waals surface area contributed by atoms with Crippen molar-refractivity contribution in [2.75, 3.05) is 19.8 Å². The molecule has 0 radical (unpaired) electrons. The predicted octanol–water partition coefficient (Wildman–Crippen LogP) is 2.27. The maximum Gasteiger partial charge on any atom is 0.220 e. The van der Waals surface area contributed by atoms with Gasteiger partial charge in [-0.2, -0.15) is 0 Å². The fraction of sp³-hybridized carbons (Fsp3) is 0.611. The SMILES string of the molecule is NCC1CCCC1NC(=O)CCCOCCc1ccccc1. The Hall–Kier alpha value is -1.39. The van der Waals surface area contributed by atoms with Gasteiger partial charge in [-0.15, -0.1) is 0 Å². The summed E-state index contributed by atoms with van der Waals surface area (Å²) in [6.45, 7) is 2.03. The van der Waals surface area contributed by atoms with Crippen molar-refractivity contribution in [3.05, 3.63) is 35.9 Å². The molecule has 1 saturated carbocycles. The Morgan fingerprint density at radius 1 is 1.23 bits per heavy atom. The number of nitrogens with one attached hydrogen (secondary N) is 1. The highest BCUT2D eigenvalue weighted by atomic mass is 16.5. The van der Waals surface area contributed by atoms with E-state index in [1.54, 1.807) is 0 Å². The first-order valence-corrected chi connectivity index (χ1v) is 8.40. The monoisotopic (exact) mass is 304 g/mol. The molecule has 2 rings (SSSR count). The lowest BCUT2D eigenvalue weighted by molar-refractivity contribution is -0.122. The molecule has 1 amide bonds. The molecule has 0 heterocycles. The Morgan fingerprint density at radius 2 is 2.05 bits per heavy atom. The van der Waals surface area contributed by atoms with Gasteiger partial charge in [-0.3, -0.25) is 4.79 Å². The van der Waals surface area contributed by atoms with E-state index in [-0.39, 0.29) is 11.9 Å². The number of benzene rings is 1. The van der Waals surface area contributed by atoms with E-state index in [1.807, 2.05) is 18.2 Å². The Bertz CT molecular complexity index is 436. The second kappa shape index (κ2) is 9.59. The molecule has 1 aromatic rings. The van der Waals surface area contributed by atoms with Gasteiger partial charge in [0.15, 0.2) is 0 Å². The van der Waals surface area contributed by atoms with Crippen LogP contribution in [0.15, 0.2) is 30.3 Å². The number of hydrogen-bond acceptors (Lipinski definition) is 3. The summed E-state index contributed by atoms with van der Waals surface area (Å²) >= 11 is 0. The third kappa shape index (κ3) is 5.78. The Kier molecular flexibility index (Phi) is 7.40. The number of amides is 1. The second-order valence-corrected chi connectivity index (χ2v) is 6.05. The summed E-state index contributed by atoms with van der Waals surface area (Å²) in [6.07, 6.45) is 5.63. The van der Waals surface area contributed by atoms with E-state index in [0.717, 1.165) is 25.7 Å². The molecular weight excluding hydrogens is 276 g/mol. The largest absolute Gasteiger partial charge is 0.381 e. The highest BCUT2D eigenvalue weighted by Gasteiger charge is 2.26. The van der Waals surface area contributed by atoms with Crippen molar-refractivity contribution in [2.45, 2.75) is 44.6 Å². The summed E-state index contributed by atoms with van der Waals surface area (Å²) in [7, 11) is 0. The summed E-state index contributed by atoms with van der Waals surface area (Å²) in [5.41, 5.74) is 7.02. The number of nitrogens with two attached hydrogens (primary N) is 1. The lowest BCUT2D eigenvalue weighted by Crippen LogP contribution is -2.39. The Morgan fingerprint density at radius 3 is 2.82 bits per heavy atom. The normalized spacial score (nSPS) is 21.0. The second-order valence-electron chi connectivity index (χ2n) is 6.05. The van der Waals surface area contributed by atoms with Crippen molar-refractivity contribution in [3.63, 3.8) is 0 Å². The van der Waals surface area contributed by atoms with E-state index in [1.165, 1.54) is 12.0 Å². The zero-order chi connectivity index (χ0) is 15.6. The molecule has 2 unspecified atom stereocenters. The van der Waals surface area contributed by atoms with Crippen LogP contribution < -0.4 is 11.1 Å². The minimum Gasteiger partial charge on any atom is -0.381 e. The molecule has 0 spiro atoms. The minimum atomic E-state index is 0.136. The van der Waals surface area contributed by atoms with Crippen LogP contribution in [-0.4, -0.2) is 31.7 Å². The van der Waals surface area contributed by atoms with Gasteiger partial charge in [0.05, 0.1) is 6.61 Å². The average molecular weight is 304 g/mol. The molecule has 3 N–H and O–H groups in total. The number of hydrogen-bond donors (Lipinski definition) is 2. The lowest BCUT2D eigenvalue weighted by Gasteiger charge is -2.19. The fourth-order valence-electron chi connectivity index (χ4n) is 3.06. The summed E-state index contributed by atoms with van der Waals surface area (Å²) in [5, 5.41) is 3.12. The average Bonchev–Trinajstić information content (AvgIpc) is 2.99. The molecule has 4 heteroatoms. The highest BCUT2D eigenvalue weighted by molar-refractivity contribution is 5.76. The van der Waals surface area contributed by atoms with Crippen LogP contribution in [-0.2, 0) is 16.0 Å². The molecule has 122 valence electrons. The minimum absolute atomic E-state index is 0.136. The van der Waals surface area contributed by atoms with Crippen LogP contribution in [0.25, 0.3) is 0 Å². The number of carbonyl (C=O) groups excluding carboxylic acids is 1. The number of ether oxygens (including phenoxy) is 1. The first-order chi connectivity index (χ1) is 10.8. The summed E-state index contributed by atoms with van der Waals surface area (Å²) in [4.78, 5) is 11.9. The summed E-state index contributed by atoms with van der Waals surface area (Å²) in [5.74, 6) is 0.600. The standard InChI is InChI=1S/C18H28N2O2/c19-14-16-8-4-9-17(16)20-18(21)10-5-12-22-13-11-15-6-2-1-3-7-15/h1-3,6-7,16-17H,4-5,8-14,19H2,(H,20,21). The van der Waals surface area contributed by atoms with Crippen molar-refractivity contribution >= 4 is 5.91 Å². The molecule has 0 bridgehead atoms. The van der Waals surface area contributed by atoms with Crippen LogP contribution in [0.1, 0.15) is 37.7 Å². The van der Waals surface area contributed by atoms with Gasteiger partial charge >= 0.3 is 0 Å². The van der Waals surface area contributed by atoms with Crippen LogP contribution in [0.2, 0.25) is 0 Å². The molecule has 22 heavy (non-hydrogen) atoms. The van der Waals surface area contributed by atoms with Gasteiger partial charge in [0.25, 0.3) is 0 Å². The molecule has 4 nitrogen and oxygen atoms in total. The quantitative estimate of drug-likeness (QED) is 0.688. The maximum absolute atomic E-state index is 11.9. The van der Waals surface area contributed by atoms with Crippen LogP contribution in [0.4, 0.5) is 0 Å². The van der Waals surface area contributed by atoms with Crippen LogP contribution >= 0.6 is 0 Å². The van der Waals surface area contributed by atoms with E-state index in [0.29, 0.717) is 32.1 Å². The molecule has 1 aliphatic rings. The topological polar surface area (TPSA) is 64.3 Å². The zero-order valence-corrected chi connectivity index (χ0v) is 13.3. The van der Waals surface area contributed by atoms with Gasteiger partial charge in [0, 0.05) is 19.1 Å². The summed E-state index contributed by atoms with van der Waals surface area (Å²) in [6, 6.07) is 10.6. The summed E-state index contributed by atoms with van der Waals surface area (Å²) < 4.78 is 5.60. The van der Waals surface area contributed by atoms with Crippen LogP contribution in [0.5, 0.6) is 0 Å². The van der Waals surface area contributed by atoms with Crippen molar-refractivity contribution in [2.24, 2.45) is 11.7 Å². The van der Waals surface area contributed by atoms with Crippen LogP contribution in [0, 0.1) is 5.92 Å². The molecule has 1 fully saturated rings. The van der Waals surface area contributed by atoms with E-state index in [2.05, 4.69) is 17.4 Å². The molecule has 1 aromatic carbocycles. The van der Waals surface area contributed by atoms with Crippen molar-refractivity contribution in [1.82, 2.24) is 5.32 Å². The first-order valence-electron chi connectivity index (χ1n) is 8.40. The lowest BCUT2D eigenvalue weighted by atomic mass is 10.0. The Balaban J connectivity index is 1.50. The first kappa shape index (κ1) is 17.0. The molecule has 0 saturated heterocycles. The van der Waals surface area contributed by atoms with E-state index >= 15 is 0 Å². The van der Waals surface area contributed by atoms with Gasteiger partial charge in [-0.1, -0.05) is 36.8 Å².